The quantitative estimate of drug-likeness (QED) is 0.0377. The smallest absolute Gasteiger partial charge is 0.306 e. The summed E-state index contributed by atoms with van der Waals surface area (Å²) in [6.45, 7) is 15.0. The van der Waals surface area contributed by atoms with Crippen molar-refractivity contribution in [3.63, 3.8) is 0 Å². The minimum absolute atomic E-state index is 0.0493. The molecule has 0 bridgehead atoms. The van der Waals surface area contributed by atoms with Gasteiger partial charge >= 0.3 is 5.97 Å². The Hall–Kier alpha value is -2.18. The Balaban J connectivity index is 4.42. The number of unbranched alkanes of at least 4 members (excludes halogenated alkanes) is 18. The van der Waals surface area contributed by atoms with E-state index in [2.05, 4.69) is 81.6 Å². The van der Waals surface area contributed by atoms with Crippen LogP contribution >= 0.6 is 0 Å². The molecule has 1 N–H and O–H groups in total. The second-order valence-electron chi connectivity index (χ2n) is 17.6. The van der Waals surface area contributed by atoms with Crippen LogP contribution in [0.25, 0.3) is 0 Å². The Morgan fingerprint density at radius 3 is 1.47 bits per heavy atom. The minimum Gasteiger partial charge on any atom is -0.462 e. The minimum atomic E-state index is -0.357. The molecule has 0 saturated heterocycles. The van der Waals surface area contributed by atoms with Crippen LogP contribution in [0.2, 0.25) is 0 Å². The molecule has 6 nitrogen and oxygen atoms in total. The predicted octanol–water partition coefficient (Wildman–Crippen LogP) is 15.1. The van der Waals surface area contributed by atoms with Crippen molar-refractivity contribution in [2.75, 3.05) is 26.4 Å². The van der Waals surface area contributed by atoms with Crippen molar-refractivity contribution in [3.8, 4) is 0 Å². The molecule has 6 heteroatoms. The molecule has 0 fully saturated rings. The summed E-state index contributed by atoms with van der Waals surface area (Å²) in [7, 11) is 0. The van der Waals surface area contributed by atoms with Crippen LogP contribution in [0.5, 0.6) is 0 Å². The average molecular weight is 814 g/mol. The van der Waals surface area contributed by atoms with Gasteiger partial charge in [-0.3, -0.25) is 9.59 Å². The van der Waals surface area contributed by atoms with Crippen LogP contribution in [0.3, 0.4) is 0 Å². The number of carbonyl (C=O) groups excluding carboxylic acids is 2. The first kappa shape index (κ1) is 55.8. The summed E-state index contributed by atoms with van der Waals surface area (Å²) in [5, 5.41) is 2.88. The molecular weight excluding hydrogens is 719 g/mol. The van der Waals surface area contributed by atoms with Gasteiger partial charge in [-0.15, -0.1) is 0 Å². The number of amides is 1. The van der Waals surface area contributed by atoms with Gasteiger partial charge in [0.25, 0.3) is 0 Å². The lowest BCUT2D eigenvalue weighted by Gasteiger charge is -2.25. The topological polar surface area (TPSA) is 73.9 Å². The molecule has 0 spiro atoms. The average Bonchev–Trinajstić information content (AvgIpc) is 3.19. The molecule has 0 aromatic heterocycles. The maximum Gasteiger partial charge on any atom is 0.306 e. The third kappa shape index (κ3) is 43.4. The van der Waals surface area contributed by atoms with Gasteiger partial charge in [0.05, 0.1) is 25.2 Å². The number of ether oxygens (including phenoxy) is 3. The zero-order valence-electron chi connectivity index (χ0n) is 39.1. The van der Waals surface area contributed by atoms with Crippen LogP contribution in [-0.2, 0) is 23.8 Å². The number of nitrogens with one attached hydrogen (secondary N) is 1. The highest BCUT2D eigenvalue weighted by molar-refractivity contribution is 5.81. The summed E-state index contributed by atoms with van der Waals surface area (Å²) in [5.74, 6) is 0.216. The van der Waals surface area contributed by atoms with Crippen LogP contribution in [0.15, 0.2) is 48.6 Å². The predicted molar refractivity (Wildman–Crippen MR) is 250 cm³/mol. The number of allylic oxidation sites excluding steroid dienone is 8. The van der Waals surface area contributed by atoms with Gasteiger partial charge in [0.15, 0.2) is 0 Å². The van der Waals surface area contributed by atoms with E-state index < -0.39 is 0 Å². The van der Waals surface area contributed by atoms with Gasteiger partial charge in [-0.2, -0.15) is 0 Å². The third-order valence-electron chi connectivity index (χ3n) is 10.5. The number of carbonyl (C=O) groups is 2. The largest absolute Gasteiger partial charge is 0.462 e. The van der Waals surface area contributed by atoms with Crippen molar-refractivity contribution in [2.45, 2.75) is 239 Å². The fraction of sp³-hybridized carbons (Fsp3) is 0.808. The van der Waals surface area contributed by atoms with E-state index in [-0.39, 0.29) is 36.4 Å². The first-order valence-electron chi connectivity index (χ1n) is 24.5. The molecule has 0 heterocycles. The molecule has 0 radical (unpaired) electrons. The second kappa shape index (κ2) is 42.9. The number of esters is 1. The van der Waals surface area contributed by atoms with Crippen LogP contribution in [0, 0.1) is 5.92 Å². The summed E-state index contributed by atoms with van der Waals surface area (Å²) >= 11 is 0. The highest BCUT2D eigenvalue weighted by Crippen LogP contribution is 2.19. The number of hydrogen-bond donors (Lipinski definition) is 1. The first-order valence-corrected chi connectivity index (χ1v) is 24.5. The van der Waals surface area contributed by atoms with Gasteiger partial charge in [-0.05, 0) is 116 Å². The number of rotatable bonds is 43. The third-order valence-corrected chi connectivity index (χ3v) is 10.5. The fourth-order valence-corrected chi connectivity index (χ4v) is 6.72. The lowest BCUT2D eigenvalue weighted by Crippen LogP contribution is -2.34. The number of hydrogen-bond acceptors (Lipinski definition) is 5. The summed E-state index contributed by atoms with van der Waals surface area (Å²) in [6, 6.07) is 0. The maximum atomic E-state index is 12.9. The van der Waals surface area contributed by atoms with E-state index in [9.17, 15) is 9.59 Å². The molecular formula is C52H95NO5. The van der Waals surface area contributed by atoms with Crippen LogP contribution in [0.1, 0.15) is 228 Å². The highest BCUT2D eigenvalue weighted by Gasteiger charge is 2.19. The van der Waals surface area contributed by atoms with Crippen molar-refractivity contribution in [2.24, 2.45) is 5.92 Å². The summed E-state index contributed by atoms with van der Waals surface area (Å²) < 4.78 is 17.7. The SMILES string of the molecule is CCCCC/C=C\C/C=C\CCCCCCCCC(CCCCCCCC/C=C\C/C=C\CCCCC)OC(=O)CCC(=O)NCCOCC(C)(C)OCCC(C)C. The zero-order valence-corrected chi connectivity index (χ0v) is 39.1. The van der Waals surface area contributed by atoms with E-state index >= 15 is 0 Å². The van der Waals surface area contributed by atoms with E-state index in [1.54, 1.807) is 0 Å². The molecule has 0 unspecified atom stereocenters. The monoisotopic (exact) mass is 814 g/mol. The molecule has 0 rings (SSSR count). The van der Waals surface area contributed by atoms with Gasteiger partial charge in [0, 0.05) is 19.6 Å². The molecule has 0 aliphatic carbocycles. The Morgan fingerprint density at radius 1 is 0.552 bits per heavy atom. The van der Waals surface area contributed by atoms with E-state index in [0.717, 1.165) is 44.9 Å². The molecule has 58 heavy (non-hydrogen) atoms. The van der Waals surface area contributed by atoms with Crippen LogP contribution in [0.4, 0.5) is 0 Å². The van der Waals surface area contributed by atoms with Gasteiger partial charge in [-0.1, -0.05) is 153 Å². The summed E-state index contributed by atoms with van der Waals surface area (Å²) in [4.78, 5) is 25.3. The maximum absolute atomic E-state index is 12.9. The zero-order chi connectivity index (χ0) is 42.6. The van der Waals surface area contributed by atoms with E-state index in [1.165, 1.54) is 128 Å². The standard InChI is InChI=1S/C52H95NO5/c1-7-9-11-13-15-17-19-21-23-25-27-29-31-33-35-37-39-49(40-38-36-34-32-30-28-26-24-22-20-18-16-14-12-10-8-2)58-51(55)42-41-50(54)53-44-46-56-47-52(5,6)57-45-43-48(3)4/h15-18,21-24,48-49H,7-14,19-20,25-47H2,1-6H3,(H,53,54)/b17-15-,18-16-,23-21-,24-22-. The highest BCUT2D eigenvalue weighted by atomic mass is 16.5. The van der Waals surface area contributed by atoms with Gasteiger partial charge in [0.1, 0.15) is 6.10 Å². The second-order valence-corrected chi connectivity index (χ2v) is 17.6. The lowest BCUT2D eigenvalue weighted by atomic mass is 10.0. The van der Waals surface area contributed by atoms with Crippen molar-refractivity contribution >= 4 is 11.9 Å². The van der Waals surface area contributed by atoms with Crippen LogP contribution < -0.4 is 5.32 Å². The van der Waals surface area contributed by atoms with Crippen molar-refractivity contribution in [1.29, 1.82) is 0 Å². The first-order chi connectivity index (χ1) is 28.2. The fourth-order valence-electron chi connectivity index (χ4n) is 6.72. The van der Waals surface area contributed by atoms with E-state index in [1.807, 2.05) is 13.8 Å². The van der Waals surface area contributed by atoms with Gasteiger partial charge in [-0.25, -0.2) is 0 Å². The Labute approximate surface area is 360 Å². The van der Waals surface area contributed by atoms with Crippen molar-refractivity contribution < 1.29 is 23.8 Å². The summed E-state index contributed by atoms with van der Waals surface area (Å²) in [5.41, 5.74) is -0.357. The molecule has 0 saturated carbocycles. The van der Waals surface area contributed by atoms with Gasteiger partial charge < -0.3 is 19.5 Å². The molecule has 0 aromatic rings. The summed E-state index contributed by atoms with van der Waals surface area (Å²) in [6.07, 6.45) is 51.0. The molecule has 0 aromatic carbocycles. The van der Waals surface area contributed by atoms with E-state index in [0.29, 0.717) is 32.3 Å². The lowest BCUT2D eigenvalue weighted by molar-refractivity contribution is -0.151. The molecule has 338 valence electrons. The molecule has 1 amide bonds. The van der Waals surface area contributed by atoms with Gasteiger partial charge in [0.2, 0.25) is 5.91 Å². The van der Waals surface area contributed by atoms with Crippen molar-refractivity contribution in [1.82, 2.24) is 5.32 Å². The van der Waals surface area contributed by atoms with Crippen molar-refractivity contribution in [3.05, 3.63) is 48.6 Å². The molecule has 0 aliphatic rings. The Kier molecular flexibility index (Phi) is 41.3. The molecule has 0 atom stereocenters. The Morgan fingerprint density at radius 2 is 1.00 bits per heavy atom. The van der Waals surface area contributed by atoms with Crippen LogP contribution in [-0.4, -0.2) is 49.9 Å². The Bertz CT molecular complexity index is 981. The molecule has 0 aliphatic heterocycles. The van der Waals surface area contributed by atoms with E-state index in [4.69, 9.17) is 14.2 Å². The normalized spacial score (nSPS) is 12.5.